The van der Waals surface area contributed by atoms with Crippen LogP contribution in [0, 0.1) is 0 Å². The highest BCUT2D eigenvalue weighted by Gasteiger charge is 2.04. The fraction of sp³-hybridized carbons (Fsp3) is 0.417. The van der Waals surface area contributed by atoms with E-state index in [1.54, 1.807) is 12.1 Å². The Morgan fingerprint density at radius 3 is 2.61 bits per heavy atom. The highest BCUT2D eigenvalue weighted by molar-refractivity contribution is 5.94. The molecule has 6 heteroatoms. The standard InChI is InChI=1S/C12H17N5O/c1-17(2)11-6-4-10(5-7-11)12(18)14-8-3-9-15-16-13/h4-7H,3,8-9H2,1-2H3,(H,14,18). The minimum absolute atomic E-state index is 0.110. The highest BCUT2D eigenvalue weighted by Crippen LogP contribution is 2.11. The number of carbonyl (C=O) groups excluding carboxylic acids is 1. The molecule has 0 bridgehead atoms. The second kappa shape index (κ2) is 7.19. The van der Waals surface area contributed by atoms with Crippen LogP contribution >= 0.6 is 0 Å². The van der Waals surface area contributed by atoms with Gasteiger partial charge in [-0.15, -0.1) is 0 Å². The van der Waals surface area contributed by atoms with E-state index in [0.717, 1.165) is 5.69 Å². The first-order chi connectivity index (χ1) is 8.65. The van der Waals surface area contributed by atoms with E-state index in [0.29, 0.717) is 25.1 Å². The first kappa shape index (κ1) is 13.9. The minimum Gasteiger partial charge on any atom is -0.378 e. The number of carbonyl (C=O) groups is 1. The zero-order valence-electron chi connectivity index (χ0n) is 10.6. The quantitative estimate of drug-likeness (QED) is 0.362. The summed E-state index contributed by atoms with van der Waals surface area (Å²) in [4.78, 5) is 16.3. The summed E-state index contributed by atoms with van der Waals surface area (Å²) in [6.07, 6.45) is 0.644. The summed E-state index contributed by atoms with van der Waals surface area (Å²) in [5.74, 6) is -0.110. The van der Waals surface area contributed by atoms with Gasteiger partial charge in [-0.3, -0.25) is 4.79 Å². The van der Waals surface area contributed by atoms with Crippen molar-refractivity contribution in [1.82, 2.24) is 5.32 Å². The van der Waals surface area contributed by atoms with Crippen molar-refractivity contribution in [3.63, 3.8) is 0 Å². The van der Waals surface area contributed by atoms with Crippen LogP contribution in [0.1, 0.15) is 16.8 Å². The van der Waals surface area contributed by atoms with Crippen molar-refractivity contribution in [3.8, 4) is 0 Å². The molecule has 96 valence electrons. The Morgan fingerprint density at radius 2 is 2.06 bits per heavy atom. The first-order valence-electron chi connectivity index (χ1n) is 5.71. The van der Waals surface area contributed by atoms with Crippen LogP contribution in [0.4, 0.5) is 5.69 Å². The van der Waals surface area contributed by atoms with Crippen molar-refractivity contribution < 1.29 is 4.79 Å². The van der Waals surface area contributed by atoms with Crippen molar-refractivity contribution in [3.05, 3.63) is 40.3 Å². The van der Waals surface area contributed by atoms with Gasteiger partial charge in [-0.05, 0) is 36.2 Å². The molecule has 1 aromatic rings. The van der Waals surface area contributed by atoms with Gasteiger partial charge in [0.05, 0.1) is 0 Å². The molecule has 0 saturated heterocycles. The molecule has 0 saturated carbocycles. The van der Waals surface area contributed by atoms with Gasteiger partial charge in [-0.2, -0.15) is 0 Å². The molecule has 0 aliphatic carbocycles. The van der Waals surface area contributed by atoms with E-state index in [9.17, 15) is 4.79 Å². The van der Waals surface area contributed by atoms with Gasteiger partial charge in [-0.1, -0.05) is 5.11 Å². The van der Waals surface area contributed by atoms with Gasteiger partial charge in [0.15, 0.2) is 0 Å². The van der Waals surface area contributed by atoms with Crippen LogP contribution in [-0.4, -0.2) is 33.1 Å². The molecule has 0 spiro atoms. The zero-order valence-corrected chi connectivity index (χ0v) is 10.6. The van der Waals surface area contributed by atoms with E-state index in [2.05, 4.69) is 15.3 Å². The monoisotopic (exact) mass is 247 g/mol. The predicted molar refractivity (Wildman–Crippen MR) is 71.7 cm³/mol. The van der Waals surface area contributed by atoms with Crippen molar-refractivity contribution in [2.75, 3.05) is 32.1 Å². The largest absolute Gasteiger partial charge is 0.378 e. The molecule has 0 radical (unpaired) electrons. The maximum atomic E-state index is 11.7. The molecule has 0 aliphatic heterocycles. The number of azide groups is 1. The van der Waals surface area contributed by atoms with Crippen LogP contribution in [0.3, 0.4) is 0 Å². The molecule has 1 aromatic carbocycles. The maximum Gasteiger partial charge on any atom is 0.251 e. The van der Waals surface area contributed by atoms with Gasteiger partial charge < -0.3 is 10.2 Å². The molecule has 6 nitrogen and oxygen atoms in total. The van der Waals surface area contributed by atoms with E-state index in [4.69, 9.17) is 5.53 Å². The molecular weight excluding hydrogens is 230 g/mol. The summed E-state index contributed by atoms with van der Waals surface area (Å²) < 4.78 is 0. The lowest BCUT2D eigenvalue weighted by Gasteiger charge is -2.12. The number of benzene rings is 1. The third kappa shape index (κ3) is 4.35. The van der Waals surface area contributed by atoms with Gasteiger partial charge >= 0.3 is 0 Å². The van der Waals surface area contributed by atoms with Crippen molar-refractivity contribution in [2.45, 2.75) is 6.42 Å². The van der Waals surface area contributed by atoms with Crippen LogP contribution in [0.5, 0.6) is 0 Å². The fourth-order valence-electron chi connectivity index (χ4n) is 1.41. The number of rotatable bonds is 6. The predicted octanol–water partition coefficient (Wildman–Crippen LogP) is 2.18. The van der Waals surface area contributed by atoms with Gasteiger partial charge in [0.25, 0.3) is 5.91 Å². The molecule has 0 aromatic heterocycles. The van der Waals surface area contributed by atoms with Gasteiger partial charge in [0.1, 0.15) is 0 Å². The summed E-state index contributed by atoms with van der Waals surface area (Å²) >= 11 is 0. The molecule has 1 rings (SSSR count). The molecular formula is C12H17N5O. The van der Waals surface area contributed by atoms with Crippen LogP contribution in [0.25, 0.3) is 10.4 Å². The van der Waals surface area contributed by atoms with Gasteiger partial charge in [0, 0.05) is 43.3 Å². The lowest BCUT2D eigenvalue weighted by molar-refractivity contribution is 0.0953. The number of hydrogen-bond donors (Lipinski definition) is 1. The number of nitrogens with one attached hydrogen (secondary N) is 1. The van der Waals surface area contributed by atoms with E-state index in [1.807, 2.05) is 31.1 Å². The van der Waals surface area contributed by atoms with Crippen LogP contribution in [0.2, 0.25) is 0 Å². The molecule has 1 amide bonds. The summed E-state index contributed by atoms with van der Waals surface area (Å²) in [6, 6.07) is 7.37. The first-order valence-corrected chi connectivity index (χ1v) is 5.71. The minimum atomic E-state index is -0.110. The number of hydrogen-bond acceptors (Lipinski definition) is 3. The van der Waals surface area contributed by atoms with E-state index < -0.39 is 0 Å². The highest BCUT2D eigenvalue weighted by atomic mass is 16.1. The summed E-state index contributed by atoms with van der Waals surface area (Å²) in [6.45, 7) is 0.906. The molecule has 0 aliphatic rings. The number of amides is 1. The van der Waals surface area contributed by atoms with E-state index in [1.165, 1.54) is 0 Å². The number of nitrogens with zero attached hydrogens (tertiary/aromatic N) is 4. The molecule has 1 N–H and O–H groups in total. The van der Waals surface area contributed by atoms with Crippen molar-refractivity contribution in [2.24, 2.45) is 5.11 Å². The fourth-order valence-corrected chi connectivity index (χ4v) is 1.41. The normalized spacial score (nSPS) is 9.44. The second-order valence-electron chi connectivity index (χ2n) is 4.01. The average Bonchev–Trinajstić information content (AvgIpc) is 2.38. The van der Waals surface area contributed by atoms with Crippen molar-refractivity contribution >= 4 is 11.6 Å². The summed E-state index contributed by atoms with van der Waals surface area (Å²) in [5, 5.41) is 6.17. The van der Waals surface area contributed by atoms with E-state index in [-0.39, 0.29) is 5.91 Å². The van der Waals surface area contributed by atoms with Crippen LogP contribution in [-0.2, 0) is 0 Å². The molecule has 18 heavy (non-hydrogen) atoms. The lowest BCUT2D eigenvalue weighted by Crippen LogP contribution is -2.24. The van der Waals surface area contributed by atoms with Gasteiger partial charge in [-0.25, -0.2) is 0 Å². The smallest absolute Gasteiger partial charge is 0.251 e. The third-order valence-electron chi connectivity index (χ3n) is 2.43. The molecule has 0 unspecified atom stereocenters. The molecule has 0 atom stereocenters. The summed E-state index contributed by atoms with van der Waals surface area (Å²) in [5.41, 5.74) is 9.77. The van der Waals surface area contributed by atoms with Gasteiger partial charge in [0.2, 0.25) is 0 Å². The van der Waals surface area contributed by atoms with Crippen LogP contribution in [0.15, 0.2) is 29.4 Å². The Balaban J connectivity index is 2.44. The van der Waals surface area contributed by atoms with Crippen LogP contribution < -0.4 is 10.2 Å². The third-order valence-corrected chi connectivity index (χ3v) is 2.43. The number of anilines is 1. The topological polar surface area (TPSA) is 81.1 Å². The maximum absolute atomic E-state index is 11.7. The molecule has 0 fully saturated rings. The Labute approximate surface area is 106 Å². The Bertz CT molecular complexity index is 434. The molecule has 0 heterocycles. The summed E-state index contributed by atoms with van der Waals surface area (Å²) in [7, 11) is 3.90. The SMILES string of the molecule is CN(C)c1ccc(C(=O)NCCCN=[N+]=[N-])cc1. The second-order valence-corrected chi connectivity index (χ2v) is 4.01. The zero-order chi connectivity index (χ0) is 13.4. The Kier molecular flexibility index (Phi) is 5.54. The Morgan fingerprint density at radius 1 is 1.39 bits per heavy atom. The van der Waals surface area contributed by atoms with E-state index >= 15 is 0 Å². The lowest BCUT2D eigenvalue weighted by atomic mass is 10.2. The Hall–Kier alpha value is -2.20. The van der Waals surface area contributed by atoms with Crippen molar-refractivity contribution in [1.29, 1.82) is 0 Å². The average molecular weight is 247 g/mol.